The number of aryl methyl sites for hydroxylation is 1. The molecule has 1 unspecified atom stereocenters. The molecule has 21 heavy (non-hydrogen) atoms. The van der Waals surface area contributed by atoms with E-state index in [2.05, 4.69) is 15.5 Å². The molecular formula is C16H27N3O2. The third kappa shape index (κ3) is 6.14. The van der Waals surface area contributed by atoms with Crippen molar-refractivity contribution in [3.05, 3.63) is 23.8 Å². The van der Waals surface area contributed by atoms with Crippen molar-refractivity contribution in [1.29, 1.82) is 0 Å². The molecule has 0 bridgehead atoms. The Morgan fingerprint density at radius 3 is 2.71 bits per heavy atom. The Balaban J connectivity index is 2.74. The maximum Gasteiger partial charge on any atom is 0.228 e. The summed E-state index contributed by atoms with van der Waals surface area (Å²) in [4.78, 5) is 14.2. The number of amides is 1. The number of benzene rings is 1. The molecule has 5 heteroatoms. The van der Waals surface area contributed by atoms with Crippen LogP contribution in [0.4, 0.5) is 5.69 Å². The molecule has 1 atom stereocenters. The van der Waals surface area contributed by atoms with Crippen LogP contribution in [-0.4, -0.2) is 51.6 Å². The second-order valence-corrected chi connectivity index (χ2v) is 5.60. The molecule has 0 heterocycles. The van der Waals surface area contributed by atoms with Gasteiger partial charge in [0.1, 0.15) is 12.4 Å². The van der Waals surface area contributed by atoms with Gasteiger partial charge in [0, 0.05) is 19.0 Å². The van der Waals surface area contributed by atoms with Crippen LogP contribution in [0, 0.1) is 12.8 Å². The van der Waals surface area contributed by atoms with Crippen molar-refractivity contribution in [3.63, 3.8) is 0 Å². The van der Waals surface area contributed by atoms with Crippen molar-refractivity contribution >= 4 is 11.6 Å². The predicted molar refractivity (Wildman–Crippen MR) is 86.9 cm³/mol. The van der Waals surface area contributed by atoms with Gasteiger partial charge in [-0.25, -0.2) is 0 Å². The van der Waals surface area contributed by atoms with E-state index in [-0.39, 0.29) is 11.8 Å². The van der Waals surface area contributed by atoms with E-state index in [1.54, 1.807) is 0 Å². The van der Waals surface area contributed by atoms with E-state index in [0.29, 0.717) is 13.2 Å². The molecule has 0 radical (unpaired) electrons. The number of carbonyl (C=O) groups excluding carboxylic acids is 1. The first-order valence-electron chi connectivity index (χ1n) is 7.27. The second-order valence-electron chi connectivity index (χ2n) is 5.60. The molecule has 0 aliphatic rings. The fraction of sp³-hybridized carbons (Fsp3) is 0.562. The molecule has 2 N–H and O–H groups in total. The number of carbonyl (C=O) groups is 1. The fourth-order valence-electron chi connectivity index (χ4n) is 1.85. The standard InChI is InChI=1S/C16H27N3O2/c1-12-6-7-14(18-16(20)13(2)11-17-3)15(10-12)21-9-8-19(4)5/h6-7,10,13,17H,8-9,11H2,1-5H3,(H,18,20). The van der Waals surface area contributed by atoms with Gasteiger partial charge < -0.3 is 20.3 Å². The van der Waals surface area contributed by atoms with Gasteiger partial charge in [-0.3, -0.25) is 4.79 Å². The number of nitrogens with zero attached hydrogens (tertiary/aromatic N) is 1. The van der Waals surface area contributed by atoms with Crippen LogP contribution in [0.3, 0.4) is 0 Å². The smallest absolute Gasteiger partial charge is 0.228 e. The van der Waals surface area contributed by atoms with Gasteiger partial charge in [0.25, 0.3) is 0 Å². The van der Waals surface area contributed by atoms with Crippen molar-refractivity contribution in [3.8, 4) is 5.75 Å². The summed E-state index contributed by atoms with van der Waals surface area (Å²) >= 11 is 0. The van der Waals surface area contributed by atoms with Crippen LogP contribution < -0.4 is 15.4 Å². The molecule has 1 rings (SSSR count). The highest BCUT2D eigenvalue weighted by Gasteiger charge is 2.14. The minimum absolute atomic E-state index is 0.00865. The third-order valence-corrected chi connectivity index (χ3v) is 3.15. The average Bonchev–Trinajstić information content (AvgIpc) is 2.41. The quantitative estimate of drug-likeness (QED) is 0.766. The third-order valence-electron chi connectivity index (χ3n) is 3.15. The normalized spacial score (nSPS) is 12.3. The van der Waals surface area contributed by atoms with Gasteiger partial charge in [0.2, 0.25) is 5.91 Å². The topological polar surface area (TPSA) is 53.6 Å². The van der Waals surface area contributed by atoms with Crippen molar-refractivity contribution in [1.82, 2.24) is 10.2 Å². The van der Waals surface area contributed by atoms with Gasteiger partial charge in [-0.15, -0.1) is 0 Å². The number of anilines is 1. The van der Waals surface area contributed by atoms with E-state index in [9.17, 15) is 4.79 Å². The summed E-state index contributed by atoms with van der Waals surface area (Å²) in [5.74, 6) is 0.624. The van der Waals surface area contributed by atoms with E-state index in [0.717, 1.165) is 23.5 Å². The molecule has 0 aliphatic heterocycles. The summed E-state index contributed by atoms with van der Waals surface area (Å²) in [5.41, 5.74) is 1.84. The first-order valence-corrected chi connectivity index (χ1v) is 7.27. The lowest BCUT2D eigenvalue weighted by Gasteiger charge is -2.17. The summed E-state index contributed by atoms with van der Waals surface area (Å²) < 4.78 is 5.80. The first kappa shape index (κ1) is 17.5. The first-order chi connectivity index (χ1) is 9.93. The van der Waals surface area contributed by atoms with Crippen LogP contribution in [0.5, 0.6) is 5.75 Å². The van der Waals surface area contributed by atoms with Crippen LogP contribution in [0.1, 0.15) is 12.5 Å². The molecular weight excluding hydrogens is 266 g/mol. The van der Waals surface area contributed by atoms with Gasteiger partial charge in [0.15, 0.2) is 0 Å². The molecule has 0 aliphatic carbocycles. The highest BCUT2D eigenvalue weighted by Crippen LogP contribution is 2.26. The Hall–Kier alpha value is -1.59. The van der Waals surface area contributed by atoms with Crippen molar-refractivity contribution in [2.45, 2.75) is 13.8 Å². The summed E-state index contributed by atoms with van der Waals surface area (Å²) in [6.45, 7) is 5.97. The van der Waals surface area contributed by atoms with Crippen molar-refractivity contribution in [2.75, 3.05) is 46.2 Å². The zero-order chi connectivity index (χ0) is 15.8. The summed E-state index contributed by atoms with van der Waals surface area (Å²) in [6, 6.07) is 5.81. The summed E-state index contributed by atoms with van der Waals surface area (Å²) in [5, 5.41) is 5.95. The molecule has 1 amide bonds. The molecule has 1 aromatic rings. The highest BCUT2D eigenvalue weighted by molar-refractivity contribution is 5.93. The highest BCUT2D eigenvalue weighted by atomic mass is 16.5. The maximum atomic E-state index is 12.1. The maximum absolute atomic E-state index is 12.1. The fourth-order valence-corrected chi connectivity index (χ4v) is 1.85. The number of rotatable bonds is 8. The van der Waals surface area contributed by atoms with E-state index in [4.69, 9.17) is 4.74 Å². The lowest BCUT2D eigenvalue weighted by molar-refractivity contribution is -0.119. The molecule has 0 aromatic heterocycles. The Morgan fingerprint density at radius 2 is 2.10 bits per heavy atom. The van der Waals surface area contributed by atoms with Crippen LogP contribution in [-0.2, 0) is 4.79 Å². The van der Waals surface area contributed by atoms with E-state index in [1.165, 1.54) is 0 Å². The second kappa shape index (κ2) is 8.64. The number of hydrogen-bond donors (Lipinski definition) is 2. The molecule has 0 saturated heterocycles. The average molecular weight is 293 g/mol. The van der Waals surface area contributed by atoms with Gasteiger partial charge in [-0.2, -0.15) is 0 Å². The zero-order valence-electron chi connectivity index (χ0n) is 13.7. The van der Waals surface area contributed by atoms with Crippen LogP contribution >= 0.6 is 0 Å². The minimum Gasteiger partial charge on any atom is -0.490 e. The summed E-state index contributed by atoms with van der Waals surface area (Å²) in [6.07, 6.45) is 0. The monoisotopic (exact) mass is 293 g/mol. The molecule has 118 valence electrons. The van der Waals surface area contributed by atoms with Gasteiger partial charge in [0.05, 0.1) is 5.69 Å². The lowest BCUT2D eigenvalue weighted by Crippen LogP contribution is -2.29. The molecule has 0 saturated carbocycles. The van der Waals surface area contributed by atoms with Gasteiger partial charge in [-0.1, -0.05) is 13.0 Å². The largest absolute Gasteiger partial charge is 0.490 e. The minimum atomic E-state index is -0.0917. The number of hydrogen-bond acceptors (Lipinski definition) is 4. The summed E-state index contributed by atoms with van der Waals surface area (Å²) in [7, 11) is 5.84. The molecule has 0 spiro atoms. The SMILES string of the molecule is CNCC(C)C(=O)Nc1ccc(C)cc1OCCN(C)C. The molecule has 5 nitrogen and oxygen atoms in total. The van der Waals surface area contributed by atoms with Gasteiger partial charge in [-0.05, 0) is 45.8 Å². The number of ether oxygens (including phenoxy) is 1. The van der Waals surface area contributed by atoms with E-state index in [1.807, 2.05) is 53.2 Å². The van der Waals surface area contributed by atoms with Crippen LogP contribution in [0.2, 0.25) is 0 Å². The molecule has 0 fully saturated rings. The van der Waals surface area contributed by atoms with Crippen molar-refractivity contribution in [2.24, 2.45) is 5.92 Å². The number of nitrogens with one attached hydrogen (secondary N) is 2. The van der Waals surface area contributed by atoms with Crippen molar-refractivity contribution < 1.29 is 9.53 Å². The molecule has 1 aromatic carbocycles. The van der Waals surface area contributed by atoms with Gasteiger partial charge >= 0.3 is 0 Å². The lowest BCUT2D eigenvalue weighted by atomic mass is 10.1. The predicted octanol–water partition coefficient (Wildman–Crippen LogP) is 1.73. The zero-order valence-corrected chi connectivity index (χ0v) is 13.7. The Kier molecular flexibility index (Phi) is 7.19. The van der Waals surface area contributed by atoms with E-state index < -0.39 is 0 Å². The van der Waals surface area contributed by atoms with Crippen LogP contribution in [0.25, 0.3) is 0 Å². The Morgan fingerprint density at radius 1 is 1.38 bits per heavy atom. The van der Waals surface area contributed by atoms with E-state index >= 15 is 0 Å². The Labute approximate surface area is 127 Å². The Bertz CT molecular complexity index is 461. The number of likely N-dealkylation sites (N-methyl/N-ethyl adjacent to an activating group) is 1. The van der Waals surface area contributed by atoms with Crippen LogP contribution in [0.15, 0.2) is 18.2 Å².